The Morgan fingerprint density at radius 3 is 2.50 bits per heavy atom. The van der Waals surface area contributed by atoms with Gasteiger partial charge < -0.3 is 10.6 Å². The normalized spacial score (nSPS) is 10.6. The zero-order chi connectivity index (χ0) is 16.9. The number of rotatable bonds is 5. The number of hydrogen-bond acceptors (Lipinski definition) is 2. The first-order chi connectivity index (χ1) is 11.6. The number of amides is 1. The Morgan fingerprint density at radius 2 is 1.71 bits per heavy atom. The summed E-state index contributed by atoms with van der Waals surface area (Å²) in [5, 5.41) is 8.54. The molecule has 0 bridgehead atoms. The van der Waals surface area contributed by atoms with Gasteiger partial charge in [-0.05, 0) is 36.4 Å². The van der Waals surface area contributed by atoms with Gasteiger partial charge in [-0.15, -0.1) is 0 Å². The molecule has 122 valence electrons. The maximum Gasteiger partial charge on any atom is 0.251 e. The van der Waals surface area contributed by atoms with Gasteiger partial charge in [-0.25, -0.2) is 4.98 Å². The van der Waals surface area contributed by atoms with Crippen molar-refractivity contribution in [3.63, 3.8) is 0 Å². The highest BCUT2D eigenvalue weighted by Crippen LogP contribution is 2.22. The number of carbonyl (C=O) groups excluding carboxylic acids is 1. The average Bonchev–Trinajstić information content (AvgIpc) is 2.59. The Labute approximate surface area is 149 Å². The number of benzene rings is 2. The zero-order valence-corrected chi connectivity index (χ0v) is 14.3. The lowest BCUT2D eigenvalue weighted by atomic mass is 10.2. The molecule has 0 saturated heterocycles. The molecule has 0 radical (unpaired) electrons. The zero-order valence-electron chi connectivity index (χ0n) is 12.8. The van der Waals surface area contributed by atoms with Gasteiger partial charge >= 0.3 is 0 Å². The van der Waals surface area contributed by atoms with Gasteiger partial charge in [-0.2, -0.15) is 0 Å². The fraction of sp³-hybridized carbons (Fsp3) is 0.111. The summed E-state index contributed by atoms with van der Waals surface area (Å²) < 4.78 is 0. The van der Waals surface area contributed by atoms with E-state index in [2.05, 4.69) is 15.6 Å². The van der Waals surface area contributed by atoms with E-state index in [9.17, 15) is 4.79 Å². The van der Waals surface area contributed by atoms with Crippen LogP contribution in [0.1, 0.15) is 10.4 Å². The summed E-state index contributed by atoms with van der Waals surface area (Å²) in [6, 6.07) is 14.5. The fourth-order valence-electron chi connectivity index (χ4n) is 2.41. The molecular weight excluding hydrogens is 345 g/mol. The third-order valence-corrected chi connectivity index (χ3v) is 4.08. The van der Waals surface area contributed by atoms with Crippen LogP contribution in [0.2, 0.25) is 10.0 Å². The van der Waals surface area contributed by atoms with Gasteiger partial charge in [0.1, 0.15) is 0 Å². The number of aromatic amines is 1. The number of nitrogens with one attached hydrogen (secondary N) is 3. The summed E-state index contributed by atoms with van der Waals surface area (Å²) in [4.78, 5) is 15.2. The van der Waals surface area contributed by atoms with Crippen molar-refractivity contribution in [2.24, 2.45) is 0 Å². The highest BCUT2D eigenvalue weighted by molar-refractivity contribution is 6.31. The Hall–Kier alpha value is -2.30. The van der Waals surface area contributed by atoms with Gasteiger partial charge in [0.25, 0.3) is 5.91 Å². The standard InChI is InChI=1S/C18H15Cl2N3O/c19-13-3-1-12(2-4-13)18(24)23-10-9-22-16-7-8-21-17-11-14(20)5-6-15(16)17/h1-8,11H,9-10H2,(H,21,22)(H,23,24)/p+1. The largest absolute Gasteiger partial charge is 0.382 e. The first kappa shape index (κ1) is 16.6. The molecule has 4 nitrogen and oxygen atoms in total. The summed E-state index contributed by atoms with van der Waals surface area (Å²) in [6.45, 7) is 1.12. The second-order valence-corrected chi connectivity index (χ2v) is 6.14. The van der Waals surface area contributed by atoms with E-state index in [-0.39, 0.29) is 5.91 Å². The van der Waals surface area contributed by atoms with E-state index in [1.165, 1.54) is 0 Å². The molecule has 3 N–H and O–H groups in total. The Bertz CT molecular complexity index is 866. The number of H-pyrrole nitrogens is 1. The lowest BCUT2D eigenvalue weighted by Crippen LogP contribution is -2.28. The second-order valence-electron chi connectivity index (χ2n) is 5.27. The molecule has 6 heteroatoms. The average molecular weight is 361 g/mol. The molecule has 2 aromatic carbocycles. The topological polar surface area (TPSA) is 55.3 Å². The number of fused-ring (bicyclic) bond motifs is 1. The van der Waals surface area contributed by atoms with Crippen molar-refractivity contribution < 1.29 is 9.78 Å². The van der Waals surface area contributed by atoms with E-state index in [0.717, 1.165) is 16.6 Å². The second kappa shape index (κ2) is 7.51. The molecule has 0 fully saturated rings. The summed E-state index contributed by atoms with van der Waals surface area (Å²) in [5.74, 6) is -0.119. The van der Waals surface area contributed by atoms with Crippen LogP contribution in [0.15, 0.2) is 54.7 Å². The molecule has 0 saturated carbocycles. The predicted octanol–water partition coefficient (Wildman–Crippen LogP) is 3.80. The van der Waals surface area contributed by atoms with Crippen LogP contribution in [0.3, 0.4) is 0 Å². The van der Waals surface area contributed by atoms with E-state index in [4.69, 9.17) is 23.2 Å². The van der Waals surface area contributed by atoms with Crippen LogP contribution in [0.25, 0.3) is 10.9 Å². The Balaban J connectivity index is 1.57. The van der Waals surface area contributed by atoms with Gasteiger partial charge in [-0.1, -0.05) is 23.2 Å². The van der Waals surface area contributed by atoms with Gasteiger partial charge in [0, 0.05) is 40.8 Å². The fourth-order valence-corrected chi connectivity index (χ4v) is 2.70. The third kappa shape index (κ3) is 3.96. The summed E-state index contributed by atoms with van der Waals surface area (Å²) in [6.07, 6.45) is 1.85. The smallest absolute Gasteiger partial charge is 0.251 e. The van der Waals surface area contributed by atoms with Gasteiger partial charge in [0.05, 0.1) is 11.1 Å². The number of halogens is 2. The lowest BCUT2D eigenvalue weighted by molar-refractivity contribution is -0.344. The van der Waals surface area contributed by atoms with Gasteiger partial charge in [0.2, 0.25) is 5.52 Å². The minimum absolute atomic E-state index is 0.119. The van der Waals surface area contributed by atoms with Gasteiger partial charge in [-0.3, -0.25) is 4.79 Å². The van der Waals surface area contributed by atoms with Gasteiger partial charge in [0.15, 0.2) is 6.20 Å². The van der Waals surface area contributed by atoms with Crippen molar-refractivity contribution in [1.29, 1.82) is 0 Å². The minimum Gasteiger partial charge on any atom is -0.382 e. The van der Waals surface area contributed by atoms with Crippen molar-refractivity contribution in [2.75, 3.05) is 18.4 Å². The van der Waals surface area contributed by atoms with Crippen LogP contribution < -0.4 is 15.6 Å². The number of hydrogen-bond donors (Lipinski definition) is 2. The first-order valence-corrected chi connectivity index (χ1v) is 8.27. The SMILES string of the molecule is O=C(NCCNc1cc[nH+]c2cc(Cl)ccc12)c1ccc(Cl)cc1. The van der Waals surface area contributed by atoms with E-state index in [1.807, 2.05) is 30.5 Å². The quantitative estimate of drug-likeness (QED) is 0.679. The molecule has 0 aliphatic rings. The molecule has 3 rings (SSSR count). The maximum absolute atomic E-state index is 12.0. The lowest BCUT2D eigenvalue weighted by Gasteiger charge is -2.09. The highest BCUT2D eigenvalue weighted by atomic mass is 35.5. The van der Waals surface area contributed by atoms with Crippen molar-refractivity contribution in [2.45, 2.75) is 0 Å². The van der Waals surface area contributed by atoms with E-state index >= 15 is 0 Å². The predicted molar refractivity (Wildman–Crippen MR) is 97.8 cm³/mol. The minimum atomic E-state index is -0.119. The van der Waals surface area contributed by atoms with Crippen LogP contribution in [0, 0.1) is 0 Å². The van der Waals surface area contributed by atoms with Crippen molar-refractivity contribution in [1.82, 2.24) is 5.32 Å². The molecule has 3 aromatic rings. The Kier molecular flexibility index (Phi) is 5.18. The van der Waals surface area contributed by atoms with Crippen LogP contribution in [0.5, 0.6) is 0 Å². The van der Waals surface area contributed by atoms with E-state index in [0.29, 0.717) is 28.7 Å². The van der Waals surface area contributed by atoms with Crippen molar-refractivity contribution in [3.8, 4) is 0 Å². The van der Waals surface area contributed by atoms with Crippen molar-refractivity contribution >= 4 is 45.7 Å². The molecule has 0 unspecified atom stereocenters. The molecular formula is C18H16Cl2N3O+. The van der Waals surface area contributed by atoms with Crippen LogP contribution in [-0.4, -0.2) is 19.0 Å². The summed E-state index contributed by atoms with van der Waals surface area (Å²) in [5.41, 5.74) is 2.53. The summed E-state index contributed by atoms with van der Waals surface area (Å²) >= 11 is 11.8. The van der Waals surface area contributed by atoms with Crippen molar-refractivity contribution in [3.05, 3.63) is 70.3 Å². The van der Waals surface area contributed by atoms with Crippen LogP contribution in [0.4, 0.5) is 5.69 Å². The Morgan fingerprint density at radius 1 is 0.958 bits per heavy atom. The first-order valence-electron chi connectivity index (χ1n) is 7.51. The molecule has 1 amide bonds. The van der Waals surface area contributed by atoms with Crippen LogP contribution >= 0.6 is 23.2 Å². The monoisotopic (exact) mass is 360 g/mol. The molecule has 0 spiro atoms. The molecule has 24 heavy (non-hydrogen) atoms. The number of carbonyl (C=O) groups is 1. The third-order valence-electron chi connectivity index (χ3n) is 3.59. The maximum atomic E-state index is 12.0. The number of anilines is 1. The number of pyridine rings is 1. The number of aromatic nitrogens is 1. The molecule has 0 aliphatic carbocycles. The molecule has 0 atom stereocenters. The highest BCUT2D eigenvalue weighted by Gasteiger charge is 2.07. The molecule has 0 aliphatic heterocycles. The molecule has 1 aromatic heterocycles. The van der Waals surface area contributed by atoms with E-state index in [1.54, 1.807) is 24.3 Å². The van der Waals surface area contributed by atoms with E-state index < -0.39 is 0 Å². The molecule has 1 heterocycles. The van der Waals surface area contributed by atoms with Crippen LogP contribution in [-0.2, 0) is 0 Å². The summed E-state index contributed by atoms with van der Waals surface area (Å²) in [7, 11) is 0.